The van der Waals surface area contributed by atoms with Crippen LogP contribution in [0, 0.1) is 0 Å². The number of ketones is 1. The minimum absolute atomic E-state index is 0.0426. The number of ether oxygens (including phenoxy) is 3. The smallest absolute Gasteiger partial charge is 0.192 e. The monoisotopic (exact) mass is 250 g/mol. The van der Waals surface area contributed by atoms with E-state index >= 15 is 0 Å². The first-order valence-corrected chi connectivity index (χ1v) is 6.17. The second-order valence-electron chi connectivity index (χ2n) is 4.25. The van der Waals surface area contributed by atoms with Gasteiger partial charge in [-0.3, -0.25) is 4.79 Å². The molecular weight excluding hydrogens is 232 g/mol. The largest absolute Gasteiger partial charge is 0.496 e. The zero-order chi connectivity index (χ0) is 12.8. The van der Waals surface area contributed by atoms with Gasteiger partial charge in [-0.2, -0.15) is 0 Å². The van der Waals surface area contributed by atoms with Gasteiger partial charge in [-0.25, -0.2) is 0 Å². The van der Waals surface area contributed by atoms with Gasteiger partial charge >= 0.3 is 0 Å². The van der Waals surface area contributed by atoms with Gasteiger partial charge in [0.05, 0.1) is 18.8 Å². The summed E-state index contributed by atoms with van der Waals surface area (Å²) in [5.41, 5.74) is 0.576. The van der Waals surface area contributed by atoms with Crippen molar-refractivity contribution in [2.24, 2.45) is 0 Å². The zero-order valence-electron chi connectivity index (χ0n) is 10.6. The van der Waals surface area contributed by atoms with Gasteiger partial charge in [0.2, 0.25) is 0 Å². The van der Waals surface area contributed by atoms with E-state index in [0.717, 1.165) is 12.8 Å². The van der Waals surface area contributed by atoms with Crippen molar-refractivity contribution < 1.29 is 19.0 Å². The SMILES string of the molecule is COc1ccccc1C(=O)COC1CCOCC1. The number of carbonyl (C=O) groups excluding carboxylic acids is 1. The number of para-hydroxylation sites is 1. The molecule has 0 unspecified atom stereocenters. The van der Waals surface area contributed by atoms with Crippen molar-refractivity contribution in [3.05, 3.63) is 29.8 Å². The summed E-state index contributed by atoms with van der Waals surface area (Å²) < 4.78 is 16.0. The maximum Gasteiger partial charge on any atom is 0.192 e. The Hall–Kier alpha value is -1.39. The molecule has 4 nitrogen and oxygen atoms in total. The molecule has 98 valence electrons. The molecule has 1 aromatic rings. The molecule has 0 saturated carbocycles. The quantitative estimate of drug-likeness (QED) is 0.750. The van der Waals surface area contributed by atoms with Crippen LogP contribution in [-0.2, 0) is 9.47 Å². The summed E-state index contributed by atoms with van der Waals surface area (Å²) in [6, 6.07) is 7.20. The van der Waals surface area contributed by atoms with Crippen molar-refractivity contribution in [3.63, 3.8) is 0 Å². The third kappa shape index (κ3) is 3.31. The molecule has 4 heteroatoms. The Morgan fingerprint density at radius 3 is 2.78 bits per heavy atom. The van der Waals surface area contributed by atoms with Crippen LogP contribution >= 0.6 is 0 Å². The summed E-state index contributed by atoms with van der Waals surface area (Å²) in [6.07, 6.45) is 1.86. The molecule has 0 atom stereocenters. The molecule has 0 bridgehead atoms. The fraction of sp³-hybridized carbons (Fsp3) is 0.500. The topological polar surface area (TPSA) is 44.8 Å². The molecule has 0 spiro atoms. The Morgan fingerprint density at radius 2 is 2.06 bits per heavy atom. The molecule has 1 heterocycles. The predicted octanol–water partition coefficient (Wildman–Crippen LogP) is 2.07. The number of benzene rings is 1. The van der Waals surface area contributed by atoms with Crippen LogP contribution in [0.15, 0.2) is 24.3 Å². The lowest BCUT2D eigenvalue weighted by Gasteiger charge is -2.22. The van der Waals surface area contributed by atoms with Crippen molar-refractivity contribution >= 4 is 5.78 Å². The second-order valence-corrected chi connectivity index (χ2v) is 4.25. The molecule has 18 heavy (non-hydrogen) atoms. The molecule has 0 radical (unpaired) electrons. The summed E-state index contributed by atoms with van der Waals surface area (Å²) in [7, 11) is 1.56. The minimum Gasteiger partial charge on any atom is -0.496 e. The number of hydrogen-bond donors (Lipinski definition) is 0. The molecule has 1 aliphatic heterocycles. The Balaban J connectivity index is 1.90. The minimum atomic E-state index is -0.0426. The lowest BCUT2D eigenvalue weighted by Crippen LogP contribution is -2.26. The highest BCUT2D eigenvalue weighted by Crippen LogP contribution is 2.18. The highest BCUT2D eigenvalue weighted by atomic mass is 16.5. The van der Waals surface area contributed by atoms with Crippen LogP contribution in [0.4, 0.5) is 0 Å². The number of methoxy groups -OCH3 is 1. The van der Waals surface area contributed by atoms with Crippen molar-refractivity contribution in [2.45, 2.75) is 18.9 Å². The van der Waals surface area contributed by atoms with Crippen LogP contribution in [0.2, 0.25) is 0 Å². The number of rotatable bonds is 5. The van der Waals surface area contributed by atoms with E-state index in [2.05, 4.69) is 0 Å². The van der Waals surface area contributed by atoms with E-state index in [1.54, 1.807) is 19.2 Å². The molecule has 1 fully saturated rings. The summed E-state index contributed by atoms with van der Waals surface area (Å²) in [5.74, 6) is 0.553. The van der Waals surface area contributed by atoms with Crippen LogP contribution in [0.1, 0.15) is 23.2 Å². The van der Waals surface area contributed by atoms with E-state index in [9.17, 15) is 4.79 Å². The van der Waals surface area contributed by atoms with E-state index in [1.807, 2.05) is 12.1 Å². The summed E-state index contributed by atoms with van der Waals surface area (Å²) >= 11 is 0. The lowest BCUT2D eigenvalue weighted by molar-refractivity contribution is -0.0262. The third-order valence-corrected chi connectivity index (χ3v) is 3.03. The summed E-state index contributed by atoms with van der Waals surface area (Å²) in [5, 5.41) is 0. The van der Waals surface area contributed by atoms with Crippen LogP contribution in [0.25, 0.3) is 0 Å². The number of Topliss-reactive ketones (excluding diaryl/α,β-unsaturated/α-hetero) is 1. The zero-order valence-corrected chi connectivity index (χ0v) is 10.6. The molecule has 1 aliphatic rings. The van der Waals surface area contributed by atoms with Gasteiger partial charge in [-0.15, -0.1) is 0 Å². The predicted molar refractivity (Wildman–Crippen MR) is 67.1 cm³/mol. The van der Waals surface area contributed by atoms with E-state index in [1.165, 1.54) is 0 Å². The van der Waals surface area contributed by atoms with Crippen LogP contribution in [0.3, 0.4) is 0 Å². The highest BCUT2D eigenvalue weighted by molar-refractivity contribution is 5.99. The fourth-order valence-electron chi connectivity index (χ4n) is 1.99. The number of hydrogen-bond acceptors (Lipinski definition) is 4. The van der Waals surface area contributed by atoms with Crippen molar-refractivity contribution in [2.75, 3.05) is 26.9 Å². The lowest BCUT2D eigenvalue weighted by atomic mass is 10.1. The molecule has 0 aliphatic carbocycles. The first-order chi connectivity index (χ1) is 8.81. The third-order valence-electron chi connectivity index (χ3n) is 3.03. The molecule has 2 rings (SSSR count). The van der Waals surface area contributed by atoms with E-state index in [4.69, 9.17) is 14.2 Å². The highest BCUT2D eigenvalue weighted by Gasteiger charge is 2.17. The van der Waals surface area contributed by atoms with Gasteiger partial charge in [0.15, 0.2) is 5.78 Å². The van der Waals surface area contributed by atoms with Gasteiger partial charge < -0.3 is 14.2 Å². The molecule has 1 aromatic carbocycles. The standard InChI is InChI=1S/C14H18O4/c1-16-14-5-3-2-4-12(14)13(15)10-18-11-6-8-17-9-7-11/h2-5,11H,6-10H2,1H3. The Morgan fingerprint density at radius 1 is 1.33 bits per heavy atom. The average Bonchev–Trinajstić information content (AvgIpc) is 2.45. The van der Waals surface area contributed by atoms with E-state index in [-0.39, 0.29) is 18.5 Å². The van der Waals surface area contributed by atoms with E-state index < -0.39 is 0 Å². The van der Waals surface area contributed by atoms with Crippen molar-refractivity contribution in [1.82, 2.24) is 0 Å². The van der Waals surface area contributed by atoms with Crippen LogP contribution < -0.4 is 4.74 Å². The first kappa shape index (κ1) is 13.1. The van der Waals surface area contributed by atoms with Crippen molar-refractivity contribution in [3.8, 4) is 5.75 Å². The maximum atomic E-state index is 12.0. The van der Waals surface area contributed by atoms with Gasteiger partial charge in [-0.05, 0) is 25.0 Å². The molecular formula is C14H18O4. The fourth-order valence-corrected chi connectivity index (χ4v) is 1.99. The Bertz CT molecular complexity index is 397. The Labute approximate surface area is 107 Å². The van der Waals surface area contributed by atoms with Gasteiger partial charge in [0.25, 0.3) is 0 Å². The van der Waals surface area contributed by atoms with Gasteiger partial charge in [0.1, 0.15) is 12.4 Å². The maximum absolute atomic E-state index is 12.0. The normalized spacial score (nSPS) is 16.5. The second kappa shape index (κ2) is 6.52. The van der Waals surface area contributed by atoms with Crippen molar-refractivity contribution in [1.29, 1.82) is 0 Å². The molecule has 1 saturated heterocycles. The summed E-state index contributed by atoms with van der Waals surface area (Å²) in [6.45, 7) is 1.53. The van der Waals surface area contributed by atoms with Crippen LogP contribution in [-0.4, -0.2) is 38.8 Å². The van der Waals surface area contributed by atoms with E-state index in [0.29, 0.717) is 24.5 Å². The van der Waals surface area contributed by atoms with Crippen LogP contribution in [0.5, 0.6) is 5.75 Å². The van der Waals surface area contributed by atoms with Gasteiger partial charge in [-0.1, -0.05) is 12.1 Å². The Kier molecular flexibility index (Phi) is 4.73. The van der Waals surface area contributed by atoms with Gasteiger partial charge in [0, 0.05) is 13.2 Å². The summed E-state index contributed by atoms with van der Waals surface area (Å²) in [4.78, 5) is 12.0. The number of carbonyl (C=O) groups is 1. The molecule has 0 amide bonds. The first-order valence-electron chi connectivity index (χ1n) is 6.17. The molecule has 0 aromatic heterocycles. The average molecular weight is 250 g/mol. The molecule has 0 N–H and O–H groups in total.